The van der Waals surface area contributed by atoms with E-state index in [-0.39, 0.29) is 19.0 Å². The molecule has 114 valence electrons. The molecule has 0 saturated carbocycles. The molecule has 1 heterocycles. The number of amides is 2. The quantitative estimate of drug-likeness (QED) is 0.776. The van der Waals surface area contributed by atoms with E-state index >= 15 is 0 Å². The first-order chi connectivity index (χ1) is 10.6. The van der Waals surface area contributed by atoms with Gasteiger partial charge in [-0.25, -0.2) is 9.78 Å². The lowest BCUT2D eigenvalue weighted by atomic mass is 10.2. The first-order valence-corrected chi connectivity index (χ1v) is 6.60. The molecular weight excluding hydrogens is 284 g/mol. The lowest BCUT2D eigenvalue weighted by Crippen LogP contribution is -2.33. The minimum absolute atomic E-state index is 0.143. The molecule has 0 fully saturated rings. The van der Waals surface area contributed by atoms with E-state index in [1.54, 1.807) is 12.1 Å². The van der Waals surface area contributed by atoms with Crippen LogP contribution in [-0.2, 0) is 16.1 Å². The minimum atomic E-state index is -0.668. The molecule has 0 aliphatic heterocycles. The largest absolute Gasteiger partial charge is 0.445 e. The molecule has 2 amide bonds. The highest BCUT2D eigenvalue weighted by Crippen LogP contribution is 2.12. The van der Waals surface area contributed by atoms with Gasteiger partial charge < -0.3 is 21.1 Å². The number of aromatic nitrogens is 1. The molecule has 0 bridgehead atoms. The Morgan fingerprint density at radius 2 is 1.91 bits per heavy atom. The van der Waals surface area contributed by atoms with Crippen LogP contribution >= 0.6 is 0 Å². The Hall–Kier alpha value is -3.09. The van der Waals surface area contributed by atoms with Crippen molar-refractivity contribution in [3.05, 3.63) is 54.2 Å². The number of ether oxygens (including phenoxy) is 1. The third kappa shape index (κ3) is 4.78. The van der Waals surface area contributed by atoms with Gasteiger partial charge in [0.1, 0.15) is 19.0 Å². The number of anilines is 2. The summed E-state index contributed by atoms with van der Waals surface area (Å²) in [6, 6.07) is 12.5. The second kappa shape index (κ2) is 7.63. The Morgan fingerprint density at radius 1 is 1.14 bits per heavy atom. The Balaban J connectivity index is 1.72. The van der Waals surface area contributed by atoms with Crippen LogP contribution < -0.4 is 16.4 Å². The number of hydrogen-bond acceptors (Lipinski definition) is 5. The SMILES string of the molecule is Nc1ncccc1NC(=O)CNC(=O)OCc1ccccc1. The molecule has 0 saturated heterocycles. The number of alkyl carbamates (subject to hydrolysis) is 1. The maximum Gasteiger partial charge on any atom is 0.407 e. The number of nitrogens with zero attached hydrogens (tertiary/aromatic N) is 1. The van der Waals surface area contributed by atoms with Gasteiger partial charge in [0.25, 0.3) is 0 Å². The highest BCUT2D eigenvalue weighted by atomic mass is 16.5. The highest BCUT2D eigenvalue weighted by molar-refractivity contribution is 5.95. The standard InChI is InChI=1S/C15H16N4O3/c16-14-12(7-4-8-17-14)19-13(20)9-18-15(21)22-10-11-5-2-1-3-6-11/h1-8H,9-10H2,(H2,16,17)(H,18,21)(H,19,20). The zero-order chi connectivity index (χ0) is 15.8. The molecule has 0 aliphatic carbocycles. The average molecular weight is 300 g/mol. The molecule has 0 spiro atoms. The summed E-state index contributed by atoms with van der Waals surface area (Å²) in [5.41, 5.74) is 6.86. The number of benzene rings is 1. The molecule has 2 rings (SSSR count). The van der Waals surface area contributed by atoms with Gasteiger partial charge in [0.2, 0.25) is 5.91 Å². The van der Waals surface area contributed by atoms with Crippen molar-refractivity contribution >= 4 is 23.5 Å². The van der Waals surface area contributed by atoms with E-state index in [0.29, 0.717) is 5.69 Å². The van der Waals surface area contributed by atoms with E-state index in [4.69, 9.17) is 10.5 Å². The van der Waals surface area contributed by atoms with Crippen molar-refractivity contribution in [2.24, 2.45) is 0 Å². The number of carbonyl (C=O) groups is 2. The van der Waals surface area contributed by atoms with Crippen LogP contribution in [0.3, 0.4) is 0 Å². The van der Waals surface area contributed by atoms with Crippen molar-refractivity contribution in [1.29, 1.82) is 0 Å². The molecule has 1 aromatic carbocycles. The van der Waals surface area contributed by atoms with Crippen molar-refractivity contribution in [2.45, 2.75) is 6.61 Å². The predicted molar refractivity (Wildman–Crippen MR) is 81.9 cm³/mol. The van der Waals surface area contributed by atoms with Crippen LogP contribution in [0.2, 0.25) is 0 Å². The fraction of sp³-hybridized carbons (Fsp3) is 0.133. The van der Waals surface area contributed by atoms with Crippen LogP contribution in [0.1, 0.15) is 5.56 Å². The van der Waals surface area contributed by atoms with Crippen LogP contribution in [0.25, 0.3) is 0 Å². The first-order valence-electron chi connectivity index (χ1n) is 6.60. The zero-order valence-electron chi connectivity index (χ0n) is 11.8. The smallest absolute Gasteiger partial charge is 0.407 e. The summed E-state index contributed by atoms with van der Waals surface area (Å²) in [4.78, 5) is 27.0. The fourth-order valence-corrected chi connectivity index (χ4v) is 1.64. The van der Waals surface area contributed by atoms with E-state index in [1.165, 1.54) is 6.20 Å². The van der Waals surface area contributed by atoms with Crippen molar-refractivity contribution < 1.29 is 14.3 Å². The molecule has 1 aromatic heterocycles. The third-order valence-electron chi connectivity index (χ3n) is 2.72. The van der Waals surface area contributed by atoms with E-state index < -0.39 is 12.0 Å². The Labute approximate surface area is 127 Å². The summed E-state index contributed by atoms with van der Waals surface area (Å²) in [6.45, 7) is -0.0776. The molecule has 0 atom stereocenters. The van der Waals surface area contributed by atoms with Crippen LogP contribution in [0.5, 0.6) is 0 Å². The summed E-state index contributed by atoms with van der Waals surface area (Å²) >= 11 is 0. The predicted octanol–water partition coefficient (Wildman–Crippen LogP) is 1.53. The van der Waals surface area contributed by atoms with Gasteiger partial charge in [0.15, 0.2) is 0 Å². The van der Waals surface area contributed by atoms with Crippen LogP contribution in [0.15, 0.2) is 48.7 Å². The number of nitrogen functional groups attached to an aromatic ring is 1. The van der Waals surface area contributed by atoms with Gasteiger partial charge in [-0.1, -0.05) is 30.3 Å². The van der Waals surface area contributed by atoms with Gasteiger partial charge in [-0.05, 0) is 17.7 Å². The maximum atomic E-state index is 11.7. The summed E-state index contributed by atoms with van der Waals surface area (Å²) < 4.78 is 4.99. The van der Waals surface area contributed by atoms with Crippen LogP contribution in [-0.4, -0.2) is 23.5 Å². The molecule has 0 radical (unpaired) electrons. The summed E-state index contributed by atoms with van der Waals surface area (Å²) in [5.74, 6) is -0.209. The van der Waals surface area contributed by atoms with Crippen molar-refractivity contribution in [3.8, 4) is 0 Å². The molecule has 7 heteroatoms. The molecule has 4 N–H and O–H groups in total. The second-order valence-corrected chi connectivity index (χ2v) is 4.40. The first kappa shape index (κ1) is 15.3. The van der Waals surface area contributed by atoms with Gasteiger partial charge in [0.05, 0.1) is 5.69 Å². The van der Waals surface area contributed by atoms with Crippen molar-refractivity contribution in [1.82, 2.24) is 10.3 Å². The Bertz CT molecular complexity index is 646. The van der Waals surface area contributed by atoms with Gasteiger partial charge in [-0.15, -0.1) is 0 Å². The molecule has 2 aromatic rings. The van der Waals surface area contributed by atoms with Gasteiger partial charge in [-0.2, -0.15) is 0 Å². The monoisotopic (exact) mass is 300 g/mol. The van der Waals surface area contributed by atoms with Gasteiger partial charge >= 0.3 is 6.09 Å². The number of hydrogen-bond donors (Lipinski definition) is 3. The summed E-state index contributed by atoms with van der Waals surface area (Å²) in [7, 11) is 0. The van der Waals surface area contributed by atoms with E-state index in [1.807, 2.05) is 30.3 Å². The number of nitrogens with two attached hydrogens (primary N) is 1. The van der Waals surface area contributed by atoms with Gasteiger partial charge in [-0.3, -0.25) is 4.79 Å². The molecule has 0 unspecified atom stereocenters. The average Bonchev–Trinajstić information content (AvgIpc) is 2.54. The van der Waals surface area contributed by atoms with Gasteiger partial charge in [0, 0.05) is 6.20 Å². The number of carbonyl (C=O) groups excluding carboxylic acids is 2. The van der Waals surface area contributed by atoms with Crippen molar-refractivity contribution in [3.63, 3.8) is 0 Å². The number of pyridine rings is 1. The normalized spacial score (nSPS) is 9.82. The molecule has 0 aliphatic rings. The molecular formula is C15H16N4O3. The molecule has 7 nitrogen and oxygen atoms in total. The topological polar surface area (TPSA) is 106 Å². The van der Waals surface area contributed by atoms with Crippen LogP contribution in [0, 0.1) is 0 Å². The number of rotatable bonds is 5. The minimum Gasteiger partial charge on any atom is -0.445 e. The van der Waals surface area contributed by atoms with Crippen molar-refractivity contribution in [2.75, 3.05) is 17.6 Å². The second-order valence-electron chi connectivity index (χ2n) is 4.40. The number of nitrogens with one attached hydrogen (secondary N) is 2. The van der Waals surface area contributed by atoms with E-state index in [2.05, 4.69) is 15.6 Å². The Morgan fingerprint density at radius 3 is 2.64 bits per heavy atom. The lowest BCUT2D eigenvalue weighted by molar-refractivity contribution is -0.115. The zero-order valence-corrected chi connectivity index (χ0v) is 11.8. The molecule has 22 heavy (non-hydrogen) atoms. The lowest BCUT2D eigenvalue weighted by Gasteiger charge is -2.09. The summed E-state index contributed by atoms with van der Waals surface area (Å²) in [6.07, 6.45) is 0.850. The van der Waals surface area contributed by atoms with Crippen LogP contribution in [0.4, 0.5) is 16.3 Å². The fourth-order valence-electron chi connectivity index (χ4n) is 1.64. The van der Waals surface area contributed by atoms with E-state index in [9.17, 15) is 9.59 Å². The summed E-state index contributed by atoms with van der Waals surface area (Å²) in [5, 5.41) is 4.90. The third-order valence-corrected chi connectivity index (χ3v) is 2.72. The highest BCUT2D eigenvalue weighted by Gasteiger charge is 2.08. The van der Waals surface area contributed by atoms with E-state index in [0.717, 1.165) is 5.56 Å². The maximum absolute atomic E-state index is 11.7. The Kier molecular flexibility index (Phi) is 5.31.